The molecule has 1 aromatic rings. The Kier molecular flexibility index (Phi) is 2.68. The number of rotatable bonds is 2. The zero-order valence-corrected chi connectivity index (χ0v) is 11.8. The molecule has 20 heavy (non-hydrogen) atoms. The molecule has 2 unspecified atom stereocenters. The van der Waals surface area contributed by atoms with Crippen LogP contribution in [-0.4, -0.2) is 28.9 Å². The molecule has 2 heterocycles. The molecule has 0 spiro atoms. The minimum atomic E-state index is -0.205. The Morgan fingerprint density at radius 3 is 2.25 bits per heavy atom. The van der Waals surface area contributed by atoms with Crippen LogP contribution in [0.15, 0.2) is 30.3 Å². The zero-order chi connectivity index (χ0) is 13.7. The minimum Gasteiger partial charge on any atom is -0.336 e. The van der Waals surface area contributed by atoms with Crippen LogP contribution in [0.4, 0.5) is 0 Å². The van der Waals surface area contributed by atoms with Crippen molar-refractivity contribution in [2.24, 2.45) is 5.73 Å². The van der Waals surface area contributed by atoms with E-state index in [1.165, 1.54) is 5.56 Å². The average Bonchev–Trinajstić information content (AvgIpc) is 3.22. The molecule has 2 atom stereocenters. The molecule has 3 aliphatic rings. The lowest BCUT2D eigenvalue weighted by Crippen LogP contribution is -2.53. The number of carbonyl (C=O) groups is 1. The number of nitrogens with zero attached hydrogens (tertiary/aromatic N) is 1. The number of hydrogen-bond acceptors (Lipinski definition) is 2. The van der Waals surface area contributed by atoms with Gasteiger partial charge in [0, 0.05) is 18.1 Å². The van der Waals surface area contributed by atoms with Gasteiger partial charge in [-0.2, -0.15) is 0 Å². The van der Waals surface area contributed by atoms with Gasteiger partial charge in [-0.05, 0) is 44.1 Å². The van der Waals surface area contributed by atoms with Gasteiger partial charge in [0.1, 0.15) is 0 Å². The number of amides is 1. The first-order valence-corrected chi connectivity index (χ1v) is 7.84. The van der Waals surface area contributed by atoms with Crippen LogP contribution in [0.5, 0.6) is 0 Å². The number of benzene rings is 1. The number of nitrogens with two attached hydrogens (primary N) is 1. The maximum atomic E-state index is 13.1. The summed E-state index contributed by atoms with van der Waals surface area (Å²) in [5, 5.41) is 0. The molecule has 3 fully saturated rings. The maximum absolute atomic E-state index is 13.1. The fraction of sp³-hybridized carbons (Fsp3) is 0.588. The van der Waals surface area contributed by atoms with E-state index < -0.39 is 0 Å². The van der Waals surface area contributed by atoms with Crippen molar-refractivity contribution >= 4 is 5.91 Å². The molecule has 3 heteroatoms. The van der Waals surface area contributed by atoms with E-state index in [9.17, 15) is 4.79 Å². The van der Waals surface area contributed by atoms with Crippen LogP contribution < -0.4 is 5.73 Å². The summed E-state index contributed by atoms with van der Waals surface area (Å²) in [5.74, 6) is 0.378. The second-order valence-electron chi connectivity index (χ2n) is 6.78. The molecule has 106 valence electrons. The molecule has 2 saturated heterocycles. The van der Waals surface area contributed by atoms with Gasteiger partial charge in [0.15, 0.2) is 0 Å². The van der Waals surface area contributed by atoms with Gasteiger partial charge < -0.3 is 10.6 Å². The highest BCUT2D eigenvalue weighted by Gasteiger charge is 2.56. The Morgan fingerprint density at radius 1 is 1.10 bits per heavy atom. The van der Waals surface area contributed by atoms with Crippen LogP contribution in [0, 0.1) is 0 Å². The third-order valence-corrected chi connectivity index (χ3v) is 5.49. The molecule has 0 aromatic heterocycles. The highest BCUT2D eigenvalue weighted by molar-refractivity contribution is 5.92. The van der Waals surface area contributed by atoms with E-state index in [0.29, 0.717) is 24.0 Å². The van der Waals surface area contributed by atoms with Gasteiger partial charge >= 0.3 is 0 Å². The SMILES string of the molecule is NC1CC2CCC(C1)N2C(=O)C1(c2ccccc2)CC1. The Hall–Kier alpha value is -1.35. The van der Waals surface area contributed by atoms with Crippen LogP contribution in [-0.2, 0) is 10.2 Å². The normalized spacial score (nSPS) is 34.0. The Morgan fingerprint density at radius 2 is 1.70 bits per heavy atom. The lowest BCUT2D eigenvalue weighted by Gasteiger charge is -2.40. The number of carbonyl (C=O) groups excluding carboxylic acids is 1. The molecule has 3 nitrogen and oxygen atoms in total. The van der Waals surface area contributed by atoms with E-state index in [1.807, 2.05) is 18.2 Å². The molecule has 2 aliphatic heterocycles. The highest BCUT2D eigenvalue weighted by Crippen LogP contribution is 2.52. The molecule has 2 bridgehead atoms. The van der Waals surface area contributed by atoms with Crippen molar-refractivity contribution in [3.05, 3.63) is 35.9 Å². The summed E-state index contributed by atoms with van der Waals surface area (Å²) in [7, 11) is 0. The van der Waals surface area contributed by atoms with Gasteiger partial charge in [-0.3, -0.25) is 4.79 Å². The first-order valence-electron chi connectivity index (χ1n) is 7.84. The number of fused-ring (bicyclic) bond motifs is 2. The lowest BCUT2D eigenvalue weighted by atomic mass is 9.90. The fourth-order valence-electron chi connectivity index (χ4n) is 4.31. The monoisotopic (exact) mass is 270 g/mol. The first kappa shape index (κ1) is 12.4. The van der Waals surface area contributed by atoms with Gasteiger partial charge in [-0.15, -0.1) is 0 Å². The topological polar surface area (TPSA) is 46.3 Å². The van der Waals surface area contributed by atoms with Crippen molar-refractivity contribution in [2.45, 2.75) is 62.1 Å². The summed E-state index contributed by atoms with van der Waals surface area (Å²) in [6.45, 7) is 0. The Labute approximate surface area is 120 Å². The van der Waals surface area contributed by atoms with Crippen LogP contribution in [0.25, 0.3) is 0 Å². The quantitative estimate of drug-likeness (QED) is 0.895. The summed E-state index contributed by atoms with van der Waals surface area (Å²) >= 11 is 0. The predicted molar refractivity (Wildman–Crippen MR) is 78.2 cm³/mol. The third-order valence-electron chi connectivity index (χ3n) is 5.49. The van der Waals surface area contributed by atoms with Gasteiger partial charge in [0.05, 0.1) is 5.41 Å². The Balaban J connectivity index is 1.62. The minimum absolute atomic E-state index is 0.205. The molecule has 1 aliphatic carbocycles. The van der Waals surface area contributed by atoms with E-state index in [-0.39, 0.29) is 5.41 Å². The molecule has 0 radical (unpaired) electrons. The molecule has 1 aromatic carbocycles. The fourth-order valence-corrected chi connectivity index (χ4v) is 4.31. The zero-order valence-electron chi connectivity index (χ0n) is 11.8. The summed E-state index contributed by atoms with van der Waals surface area (Å²) in [6, 6.07) is 11.4. The van der Waals surface area contributed by atoms with Gasteiger partial charge in [-0.25, -0.2) is 0 Å². The standard InChI is InChI=1S/C17H22N2O/c18-13-10-14-6-7-15(11-13)19(14)16(20)17(8-9-17)12-4-2-1-3-5-12/h1-5,13-15H,6-11,18H2. The van der Waals surface area contributed by atoms with Crippen molar-refractivity contribution in [1.29, 1.82) is 0 Å². The highest BCUT2D eigenvalue weighted by atomic mass is 16.2. The molecule has 1 amide bonds. The van der Waals surface area contributed by atoms with Gasteiger partial charge in [0.25, 0.3) is 0 Å². The largest absolute Gasteiger partial charge is 0.336 e. The Bertz CT molecular complexity index is 509. The van der Waals surface area contributed by atoms with Crippen molar-refractivity contribution in [2.75, 3.05) is 0 Å². The third kappa shape index (κ3) is 1.72. The van der Waals surface area contributed by atoms with E-state index in [4.69, 9.17) is 5.73 Å². The predicted octanol–water partition coefficient (Wildman–Crippen LogP) is 2.20. The second kappa shape index (κ2) is 4.32. The summed E-state index contributed by atoms with van der Waals surface area (Å²) in [4.78, 5) is 15.3. The molecular weight excluding hydrogens is 248 g/mol. The molecule has 2 N–H and O–H groups in total. The van der Waals surface area contributed by atoms with E-state index in [1.54, 1.807) is 0 Å². The van der Waals surface area contributed by atoms with Crippen molar-refractivity contribution in [3.63, 3.8) is 0 Å². The number of hydrogen-bond donors (Lipinski definition) is 1. The van der Waals surface area contributed by atoms with Crippen molar-refractivity contribution < 1.29 is 4.79 Å². The maximum Gasteiger partial charge on any atom is 0.233 e. The second-order valence-corrected chi connectivity index (χ2v) is 6.78. The van der Waals surface area contributed by atoms with Crippen LogP contribution in [0.1, 0.15) is 44.1 Å². The smallest absolute Gasteiger partial charge is 0.233 e. The summed E-state index contributed by atoms with van der Waals surface area (Å²) in [5.41, 5.74) is 7.12. The average molecular weight is 270 g/mol. The van der Waals surface area contributed by atoms with Crippen molar-refractivity contribution in [1.82, 2.24) is 4.90 Å². The molecule has 1 saturated carbocycles. The lowest BCUT2D eigenvalue weighted by molar-refractivity contribution is -0.138. The van der Waals surface area contributed by atoms with Crippen LogP contribution in [0.2, 0.25) is 0 Å². The van der Waals surface area contributed by atoms with Crippen molar-refractivity contribution in [3.8, 4) is 0 Å². The van der Waals surface area contributed by atoms with E-state index in [0.717, 1.165) is 38.5 Å². The molecular formula is C17H22N2O. The first-order chi connectivity index (χ1) is 9.71. The van der Waals surface area contributed by atoms with Crippen LogP contribution in [0.3, 0.4) is 0 Å². The molecule has 4 rings (SSSR count). The van der Waals surface area contributed by atoms with E-state index >= 15 is 0 Å². The van der Waals surface area contributed by atoms with Crippen LogP contribution >= 0.6 is 0 Å². The van der Waals surface area contributed by atoms with E-state index in [2.05, 4.69) is 17.0 Å². The number of piperidine rings is 1. The summed E-state index contributed by atoms with van der Waals surface area (Å²) in [6.07, 6.45) is 6.31. The van der Waals surface area contributed by atoms with Gasteiger partial charge in [-0.1, -0.05) is 30.3 Å². The van der Waals surface area contributed by atoms with Gasteiger partial charge in [0.2, 0.25) is 5.91 Å². The summed E-state index contributed by atoms with van der Waals surface area (Å²) < 4.78 is 0.